The highest BCUT2D eigenvalue weighted by atomic mass is 16.2. The molecule has 0 spiro atoms. The fourth-order valence-corrected chi connectivity index (χ4v) is 2.54. The van der Waals surface area contributed by atoms with Crippen LogP contribution in [0.15, 0.2) is 48.9 Å². The molecule has 0 bridgehead atoms. The number of hydrogen-bond acceptors (Lipinski definition) is 2. The summed E-state index contributed by atoms with van der Waals surface area (Å²) in [5, 5.41) is 3.89. The predicted octanol–water partition coefficient (Wildman–Crippen LogP) is 3.06. The van der Waals surface area contributed by atoms with Crippen LogP contribution in [-0.2, 0) is 4.79 Å². The van der Waals surface area contributed by atoms with Crippen molar-refractivity contribution in [2.24, 2.45) is 0 Å². The minimum absolute atomic E-state index is 0.0653. The number of hydrogen-bond donors (Lipinski definition) is 2. The second-order valence-electron chi connectivity index (χ2n) is 4.72. The molecule has 2 N–H and O–H groups in total. The van der Waals surface area contributed by atoms with E-state index in [1.807, 2.05) is 42.6 Å². The van der Waals surface area contributed by atoms with Crippen molar-refractivity contribution < 1.29 is 4.79 Å². The van der Waals surface area contributed by atoms with Crippen LogP contribution in [0.2, 0.25) is 0 Å². The van der Waals surface area contributed by atoms with Crippen molar-refractivity contribution in [3.63, 3.8) is 0 Å². The fraction of sp³-hybridized carbons (Fsp3) is 0. The number of nitrogens with zero attached hydrogens (tertiary/aromatic N) is 1. The summed E-state index contributed by atoms with van der Waals surface area (Å²) < 4.78 is 0. The first-order valence-electron chi connectivity index (χ1n) is 6.36. The summed E-state index contributed by atoms with van der Waals surface area (Å²) in [6.45, 7) is 0. The SMILES string of the molecule is O=C1Nc2ccccc2C1=Cc1c[nH]c2ccncc12. The molecule has 1 amide bonds. The van der Waals surface area contributed by atoms with E-state index in [9.17, 15) is 4.79 Å². The summed E-state index contributed by atoms with van der Waals surface area (Å²) in [5.74, 6) is -0.0653. The van der Waals surface area contributed by atoms with Crippen LogP contribution in [0.25, 0.3) is 22.6 Å². The molecule has 0 unspecified atom stereocenters. The number of rotatable bonds is 1. The number of aromatic amines is 1. The first kappa shape index (κ1) is 11.0. The summed E-state index contributed by atoms with van der Waals surface area (Å²) >= 11 is 0. The molecule has 3 heterocycles. The number of nitrogens with one attached hydrogen (secondary N) is 2. The van der Waals surface area contributed by atoms with Gasteiger partial charge in [-0.1, -0.05) is 18.2 Å². The number of carbonyl (C=O) groups excluding carboxylic acids is 1. The van der Waals surface area contributed by atoms with Crippen LogP contribution < -0.4 is 5.32 Å². The van der Waals surface area contributed by atoms with Gasteiger partial charge in [0.1, 0.15) is 0 Å². The van der Waals surface area contributed by atoms with Gasteiger partial charge >= 0.3 is 0 Å². The fourth-order valence-electron chi connectivity index (χ4n) is 2.54. The maximum atomic E-state index is 12.1. The molecular formula is C16H11N3O. The molecule has 4 rings (SSSR count). The summed E-state index contributed by atoms with van der Waals surface area (Å²) in [4.78, 5) is 19.4. The van der Waals surface area contributed by atoms with Crippen molar-refractivity contribution in [3.8, 4) is 0 Å². The molecule has 3 aromatic rings. The standard InChI is InChI=1S/C16H11N3O/c20-16-12(11-3-1-2-4-15(11)19-16)7-10-8-18-14-5-6-17-9-13(10)14/h1-9,18H,(H,19,20). The Balaban J connectivity index is 1.90. The van der Waals surface area contributed by atoms with Crippen LogP contribution in [0.5, 0.6) is 0 Å². The third kappa shape index (κ3) is 1.55. The van der Waals surface area contributed by atoms with Crippen LogP contribution >= 0.6 is 0 Å². The van der Waals surface area contributed by atoms with E-state index >= 15 is 0 Å². The Morgan fingerprint density at radius 2 is 2.05 bits per heavy atom. The molecule has 0 saturated carbocycles. The Hall–Kier alpha value is -2.88. The number of aromatic nitrogens is 2. The van der Waals surface area contributed by atoms with Gasteiger partial charge < -0.3 is 10.3 Å². The van der Waals surface area contributed by atoms with Gasteiger partial charge in [0.25, 0.3) is 5.91 Å². The van der Waals surface area contributed by atoms with Crippen molar-refractivity contribution >= 4 is 34.1 Å². The summed E-state index contributed by atoms with van der Waals surface area (Å²) in [5.41, 5.74) is 4.47. The average Bonchev–Trinajstić information content (AvgIpc) is 3.02. The maximum absolute atomic E-state index is 12.1. The van der Waals surface area contributed by atoms with Gasteiger partial charge in [0.05, 0.1) is 0 Å². The van der Waals surface area contributed by atoms with Crippen LogP contribution in [0.3, 0.4) is 0 Å². The van der Waals surface area contributed by atoms with E-state index < -0.39 is 0 Å². The highest BCUT2D eigenvalue weighted by Gasteiger charge is 2.23. The molecule has 4 nitrogen and oxygen atoms in total. The van der Waals surface area contributed by atoms with Crippen molar-refractivity contribution in [1.29, 1.82) is 0 Å². The lowest BCUT2D eigenvalue weighted by atomic mass is 10.0. The van der Waals surface area contributed by atoms with E-state index in [1.165, 1.54) is 0 Å². The first-order valence-corrected chi connectivity index (χ1v) is 6.36. The van der Waals surface area contributed by atoms with E-state index in [0.29, 0.717) is 5.57 Å². The van der Waals surface area contributed by atoms with E-state index in [2.05, 4.69) is 15.3 Å². The largest absolute Gasteiger partial charge is 0.360 e. The normalized spacial score (nSPS) is 15.6. The third-order valence-corrected chi connectivity index (χ3v) is 3.53. The molecule has 4 heteroatoms. The highest BCUT2D eigenvalue weighted by Crippen LogP contribution is 2.33. The Kier molecular flexibility index (Phi) is 2.23. The zero-order chi connectivity index (χ0) is 13.5. The lowest BCUT2D eigenvalue weighted by Gasteiger charge is -1.97. The molecule has 0 aliphatic carbocycles. The predicted molar refractivity (Wildman–Crippen MR) is 79.0 cm³/mol. The second-order valence-corrected chi connectivity index (χ2v) is 4.72. The highest BCUT2D eigenvalue weighted by molar-refractivity contribution is 6.35. The monoisotopic (exact) mass is 261 g/mol. The molecule has 96 valence electrons. The molecule has 0 radical (unpaired) electrons. The lowest BCUT2D eigenvalue weighted by Crippen LogP contribution is -2.03. The van der Waals surface area contributed by atoms with E-state index in [0.717, 1.165) is 27.7 Å². The molecule has 0 atom stereocenters. The van der Waals surface area contributed by atoms with Gasteiger partial charge in [-0.3, -0.25) is 9.78 Å². The topological polar surface area (TPSA) is 57.8 Å². The Morgan fingerprint density at radius 1 is 1.15 bits per heavy atom. The molecule has 0 saturated heterocycles. The molecule has 0 fully saturated rings. The van der Waals surface area contributed by atoms with Gasteiger partial charge in [0.15, 0.2) is 0 Å². The van der Waals surface area contributed by atoms with E-state index in [1.54, 1.807) is 12.4 Å². The van der Waals surface area contributed by atoms with Gasteiger partial charge in [-0.2, -0.15) is 0 Å². The molecule has 2 aromatic heterocycles. The summed E-state index contributed by atoms with van der Waals surface area (Å²) in [6, 6.07) is 9.62. The van der Waals surface area contributed by atoms with Gasteiger partial charge in [0, 0.05) is 51.9 Å². The molecule has 1 aliphatic heterocycles. The van der Waals surface area contributed by atoms with E-state index in [4.69, 9.17) is 0 Å². The van der Waals surface area contributed by atoms with Gasteiger partial charge in [0.2, 0.25) is 0 Å². The molecular weight excluding hydrogens is 250 g/mol. The van der Waals surface area contributed by atoms with Gasteiger partial charge in [-0.15, -0.1) is 0 Å². The van der Waals surface area contributed by atoms with Crippen molar-refractivity contribution in [2.45, 2.75) is 0 Å². The molecule has 1 aliphatic rings. The lowest BCUT2D eigenvalue weighted by molar-refractivity contribution is -0.110. The summed E-state index contributed by atoms with van der Waals surface area (Å²) in [6.07, 6.45) is 7.35. The maximum Gasteiger partial charge on any atom is 0.256 e. The average molecular weight is 261 g/mol. The number of fused-ring (bicyclic) bond motifs is 2. The van der Waals surface area contributed by atoms with Crippen LogP contribution in [0.1, 0.15) is 11.1 Å². The van der Waals surface area contributed by atoms with Gasteiger partial charge in [-0.25, -0.2) is 0 Å². The Bertz CT molecular complexity index is 861. The second kappa shape index (κ2) is 4.06. The number of carbonyl (C=O) groups is 1. The number of para-hydroxylation sites is 1. The van der Waals surface area contributed by atoms with Gasteiger partial charge in [-0.05, 0) is 18.2 Å². The Labute approximate surface area is 115 Å². The van der Waals surface area contributed by atoms with Crippen LogP contribution in [0, 0.1) is 0 Å². The third-order valence-electron chi connectivity index (χ3n) is 3.53. The minimum Gasteiger partial charge on any atom is -0.360 e. The zero-order valence-electron chi connectivity index (χ0n) is 10.6. The number of benzene rings is 1. The van der Waals surface area contributed by atoms with Crippen LogP contribution in [-0.4, -0.2) is 15.9 Å². The number of amides is 1. The Morgan fingerprint density at radius 3 is 3.00 bits per heavy atom. The quantitative estimate of drug-likeness (QED) is 0.661. The van der Waals surface area contributed by atoms with E-state index in [-0.39, 0.29) is 5.91 Å². The number of pyridine rings is 1. The van der Waals surface area contributed by atoms with Crippen molar-refractivity contribution in [2.75, 3.05) is 5.32 Å². The van der Waals surface area contributed by atoms with Crippen molar-refractivity contribution in [1.82, 2.24) is 9.97 Å². The minimum atomic E-state index is -0.0653. The van der Waals surface area contributed by atoms with Crippen molar-refractivity contribution in [3.05, 3.63) is 60.0 Å². The number of H-pyrrole nitrogens is 1. The summed E-state index contributed by atoms with van der Waals surface area (Å²) in [7, 11) is 0. The molecule has 20 heavy (non-hydrogen) atoms. The van der Waals surface area contributed by atoms with Crippen LogP contribution in [0.4, 0.5) is 5.69 Å². The number of anilines is 1. The smallest absolute Gasteiger partial charge is 0.256 e. The zero-order valence-corrected chi connectivity index (χ0v) is 10.6. The first-order chi connectivity index (χ1) is 9.83. The molecule has 1 aromatic carbocycles.